The lowest BCUT2D eigenvalue weighted by Gasteiger charge is -2.10. The van der Waals surface area contributed by atoms with Crippen LogP contribution in [-0.2, 0) is 0 Å². The summed E-state index contributed by atoms with van der Waals surface area (Å²) in [7, 11) is 0. The van der Waals surface area contributed by atoms with Crippen LogP contribution in [0.25, 0.3) is 23.6 Å². The highest BCUT2D eigenvalue weighted by molar-refractivity contribution is 6.29. The van der Waals surface area contributed by atoms with Crippen molar-refractivity contribution < 1.29 is 13.6 Å². The molecule has 0 aromatic carbocycles. The van der Waals surface area contributed by atoms with E-state index in [1.807, 2.05) is 26.8 Å². The van der Waals surface area contributed by atoms with E-state index in [9.17, 15) is 0 Å². The Balaban J connectivity index is 1.61. The summed E-state index contributed by atoms with van der Waals surface area (Å²) in [6.07, 6.45) is 10.2. The third-order valence-electron chi connectivity index (χ3n) is 4.10. The normalized spacial score (nSPS) is 11.3. The van der Waals surface area contributed by atoms with E-state index in [1.54, 1.807) is 43.1 Å². The molecule has 0 atom stereocenters. The summed E-state index contributed by atoms with van der Waals surface area (Å²) >= 11 is 6.16. The molecular weight excluding hydrogens is 392 g/mol. The molecule has 8 heteroatoms. The van der Waals surface area contributed by atoms with Gasteiger partial charge >= 0.3 is 0 Å². The van der Waals surface area contributed by atoms with Crippen molar-refractivity contribution in [3.05, 3.63) is 70.6 Å². The molecule has 0 bridgehead atoms. The summed E-state index contributed by atoms with van der Waals surface area (Å²) in [5, 5.41) is 0.272. The van der Waals surface area contributed by atoms with Gasteiger partial charge in [0.15, 0.2) is 5.75 Å². The Kier molecular flexibility index (Phi) is 5.14. The highest BCUT2D eigenvalue weighted by atomic mass is 35.5. The minimum Gasteiger partial charge on any atom is -0.445 e. The number of aryl methyl sites for hydroxylation is 2. The van der Waals surface area contributed by atoms with Gasteiger partial charge in [0.2, 0.25) is 17.7 Å². The summed E-state index contributed by atoms with van der Waals surface area (Å²) in [5.74, 6) is 1.85. The van der Waals surface area contributed by atoms with Gasteiger partial charge in [-0.1, -0.05) is 11.6 Å². The molecule has 146 valence electrons. The van der Waals surface area contributed by atoms with Gasteiger partial charge in [-0.25, -0.2) is 15.0 Å². The fraction of sp³-hybridized carbons (Fsp3) is 0.143. The van der Waals surface area contributed by atoms with Gasteiger partial charge in [-0.05, 0) is 38.5 Å². The first-order chi connectivity index (χ1) is 14.0. The SMILES string of the molecule is Cc1coc(/C=C/c2cncc(Oc3cc(-c4nc(C)co4)cc(Cl)n3)c2C)n1. The van der Waals surface area contributed by atoms with Gasteiger partial charge in [-0.3, -0.25) is 4.98 Å². The molecule has 0 spiro atoms. The van der Waals surface area contributed by atoms with Crippen LogP contribution < -0.4 is 4.74 Å². The van der Waals surface area contributed by atoms with Crippen LogP contribution in [-0.4, -0.2) is 19.9 Å². The zero-order valence-corrected chi connectivity index (χ0v) is 16.8. The fourth-order valence-electron chi connectivity index (χ4n) is 2.65. The summed E-state index contributed by atoms with van der Waals surface area (Å²) in [6.45, 7) is 5.65. The van der Waals surface area contributed by atoms with Gasteiger partial charge in [-0.2, -0.15) is 0 Å². The van der Waals surface area contributed by atoms with Crippen LogP contribution in [0.15, 0.2) is 45.9 Å². The van der Waals surface area contributed by atoms with Crippen LogP contribution in [0.2, 0.25) is 5.15 Å². The second-order valence-electron chi connectivity index (χ2n) is 6.43. The summed E-state index contributed by atoms with van der Waals surface area (Å²) < 4.78 is 16.7. The lowest BCUT2D eigenvalue weighted by Crippen LogP contribution is -1.95. The highest BCUT2D eigenvalue weighted by Crippen LogP contribution is 2.30. The molecule has 4 aromatic heterocycles. The molecule has 4 heterocycles. The maximum absolute atomic E-state index is 6.16. The minimum atomic E-state index is 0.272. The van der Waals surface area contributed by atoms with E-state index >= 15 is 0 Å². The minimum absolute atomic E-state index is 0.272. The van der Waals surface area contributed by atoms with Crippen molar-refractivity contribution in [1.82, 2.24) is 19.9 Å². The largest absolute Gasteiger partial charge is 0.445 e. The third kappa shape index (κ3) is 4.35. The lowest BCUT2D eigenvalue weighted by atomic mass is 10.1. The Morgan fingerprint density at radius 2 is 1.72 bits per heavy atom. The predicted molar refractivity (Wildman–Crippen MR) is 109 cm³/mol. The molecule has 0 amide bonds. The molecule has 0 saturated heterocycles. The first kappa shape index (κ1) is 18.9. The number of aromatic nitrogens is 4. The van der Waals surface area contributed by atoms with Gasteiger partial charge in [0.05, 0.1) is 17.6 Å². The van der Waals surface area contributed by atoms with Crippen molar-refractivity contribution in [3.63, 3.8) is 0 Å². The van der Waals surface area contributed by atoms with E-state index in [0.29, 0.717) is 29.0 Å². The second kappa shape index (κ2) is 7.89. The summed E-state index contributed by atoms with van der Waals surface area (Å²) in [5.41, 5.74) is 4.02. The zero-order valence-electron chi connectivity index (χ0n) is 16.0. The molecule has 0 unspecified atom stereocenters. The van der Waals surface area contributed by atoms with Gasteiger partial charge in [0.25, 0.3) is 0 Å². The number of hydrogen-bond donors (Lipinski definition) is 0. The number of ether oxygens (including phenoxy) is 1. The number of halogens is 1. The summed E-state index contributed by atoms with van der Waals surface area (Å²) in [6, 6.07) is 3.39. The molecule has 7 nitrogen and oxygen atoms in total. The van der Waals surface area contributed by atoms with E-state index in [1.165, 1.54) is 0 Å². The van der Waals surface area contributed by atoms with Crippen molar-refractivity contribution in [1.29, 1.82) is 0 Å². The number of hydrogen-bond acceptors (Lipinski definition) is 7. The van der Waals surface area contributed by atoms with Gasteiger partial charge in [0, 0.05) is 29.5 Å². The van der Waals surface area contributed by atoms with E-state index in [0.717, 1.165) is 22.5 Å². The van der Waals surface area contributed by atoms with E-state index in [2.05, 4.69) is 19.9 Å². The molecule has 29 heavy (non-hydrogen) atoms. The van der Waals surface area contributed by atoms with Crippen LogP contribution in [0, 0.1) is 20.8 Å². The van der Waals surface area contributed by atoms with Gasteiger partial charge in [-0.15, -0.1) is 0 Å². The van der Waals surface area contributed by atoms with Crippen molar-refractivity contribution in [3.8, 4) is 23.1 Å². The Bertz CT molecular complexity index is 1200. The van der Waals surface area contributed by atoms with Crippen LogP contribution in [0.3, 0.4) is 0 Å². The molecular formula is C21H17ClN4O3. The zero-order chi connectivity index (χ0) is 20.4. The highest BCUT2D eigenvalue weighted by Gasteiger charge is 2.12. The molecule has 4 aromatic rings. The molecule has 0 N–H and O–H groups in total. The fourth-order valence-corrected chi connectivity index (χ4v) is 2.85. The standard InChI is InChI=1S/C21H17ClN4O3/c1-12-10-27-19(24-12)5-4-15-8-23-9-17(14(15)3)29-20-7-16(6-18(22)26-20)21-25-13(2)11-28-21/h4-11H,1-3H3/b5-4+. The predicted octanol–water partition coefficient (Wildman–Crippen LogP) is 5.66. The molecule has 0 aliphatic rings. The van der Waals surface area contributed by atoms with Crippen molar-refractivity contribution in [2.24, 2.45) is 0 Å². The first-order valence-corrected chi connectivity index (χ1v) is 9.18. The molecule has 0 fully saturated rings. The molecule has 0 aliphatic carbocycles. The second-order valence-corrected chi connectivity index (χ2v) is 6.81. The monoisotopic (exact) mass is 408 g/mol. The lowest BCUT2D eigenvalue weighted by molar-refractivity contribution is 0.457. The molecule has 4 rings (SSSR count). The topological polar surface area (TPSA) is 87.1 Å². The molecule has 0 radical (unpaired) electrons. The number of pyridine rings is 2. The maximum atomic E-state index is 6.16. The van der Waals surface area contributed by atoms with Crippen LogP contribution >= 0.6 is 11.6 Å². The number of oxazole rings is 2. The van der Waals surface area contributed by atoms with Gasteiger partial charge in [0.1, 0.15) is 17.7 Å². The van der Waals surface area contributed by atoms with E-state index in [4.69, 9.17) is 25.2 Å². The Morgan fingerprint density at radius 3 is 2.45 bits per heavy atom. The smallest absolute Gasteiger partial charge is 0.226 e. The van der Waals surface area contributed by atoms with Gasteiger partial charge < -0.3 is 13.6 Å². The van der Waals surface area contributed by atoms with Crippen molar-refractivity contribution in [2.75, 3.05) is 0 Å². The van der Waals surface area contributed by atoms with Crippen molar-refractivity contribution >= 4 is 23.8 Å². The number of rotatable bonds is 5. The van der Waals surface area contributed by atoms with Crippen molar-refractivity contribution in [2.45, 2.75) is 20.8 Å². The number of nitrogens with zero attached hydrogens (tertiary/aromatic N) is 4. The Labute approximate surface area is 172 Å². The Hall–Kier alpha value is -3.45. The third-order valence-corrected chi connectivity index (χ3v) is 4.29. The van der Waals surface area contributed by atoms with Crippen LogP contribution in [0.1, 0.15) is 28.4 Å². The summed E-state index contributed by atoms with van der Waals surface area (Å²) in [4.78, 5) is 17.0. The maximum Gasteiger partial charge on any atom is 0.226 e. The molecule has 0 saturated carbocycles. The van der Waals surface area contributed by atoms with E-state index < -0.39 is 0 Å². The average molecular weight is 409 g/mol. The van der Waals surface area contributed by atoms with Crippen LogP contribution in [0.4, 0.5) is 0 Å². The quantitative estimate of drug-likeness (QED) is 0.393. The molecule has 0 aliphatic heterocycles. The Morgan fingerprint density at radius 1 is 0.931 bits per heavy atom. The average Bonchev–Trinajstić information content (AvgIpc) is 3.30. The van der Waals surface area contributed by atoms with Crippen LogP contribution in [0.5, 0.6) is 11.6 Å². The van der Waals surface area contributed by atoms with E-state index in [-0.39, 0.29) is 5.15 Å². The first-order valence-electron chi connectivity index (χ1n) is 8.81.